The van der Waals surface area contributed by atoms with Crippen LogP contribution < -0.4 is 0 Å². The van der Waals surface area contributed by atoms with Crippen molar-refractivity contribution in [1.29, 1.82) is 0 Å². The fourth-order valence-electron chi connectivity index (χ4n) is 1.26. The maximum atomic E-state index is 5.51. The van der Waals surface area contributed by atoms with E-state index in [1.54, 1.807) is 0 Å². The van der Waals surface area contributed by atoms with E-state index in [0.29, 0.717) is 0 Å². The van der Waals surface area contributed by atoms with Crippen LogP contribution in [0.1, 0.15) is 45.4 Å². The second kappa shape index (κ2) is 13.3. The van der Waals surface area contributed by atoms with Crippen LogP contribution in [0.5, 0.6) is 0 Å². The number of ether oxygens (including phenoxy) is 1. The molecule has 2 heteroatoms. The van der Waals surface area contributed by atoms with Gasteiger partial charge < -0.3 is 0 Å². The fourth-order valence-corrected chi connectivity index (χ4v) is 1.26. The second-order valence-electron chi connectivity index (χ2n) is 3.72. The molecule has 0 atom stereocenters. The van der Waals surface area contributed by atoms with Crippen molar-refractivity contribution in [3.05, 3.63) is 12.2 Å². The van der Waals surface area contributed by atoms with E-state index in [0.717, 1.165) is 13.2 Å². The summed E-state index contributed by atoms with van der Waals surface area (Å²) >= 11 is 2.21. The van der Waals surface area contributed by atoms with E-state index in [2.05, 4.69) is 36.8 Å². The molecule has 0 fully saturated rings. The van der Waals surface area contributed by atoms with Crippen molar-refractivity contribution >= 4 is 17.7 Å². The zero-order chi connectivity index (χ0) is 10.5. The van der Waals surface area contributed by atoms with Crippen LogP contribution in [-0.4, -0.2) is 30.9 Å². The molecular formula is C12H23LiO. The van der Waals surface area contributed by atoms with E-state index >= 15 is 0 Å². The summed E-state index contributed by atoms with van der Waals surface area (Å²) in [5.74, 6) is 0. The summed E-state index contributed by atoms with van der Waals surface area (Å²) < 4.78 is 5.51. The van der Waals surface area contributed by atoms with Crippen LogP contribution in [0.2, 0.25) is 5.09 Å². The molecule has 0 radical (unpaired) electrons. The van der Waals surface area contributed by atoms with Crippen molar-refractivity contribution in [3.8, 4) is 0 Å². The average molecular weight is 190 g/mol. The Morgan fingerprint density at radius 2 is 1.71 bits per heavy atom. The molecule has 0 aliphatic heterocycles. The Morgan fingerprint density at radius 3 is 2.43 bits per heavy atom. The minimum Gasteiger partial charge on any atom is -0.0654 e. The number of allylic oxidation sites excluding steroid dienone is 2. The Balaban J connectivity index is 2.91. The van der Waals surface area contributed by atoms with Gasteiger partial charge in [-0.1, -0.05) is 6.92 Å². The molecule has 0 N–H and O–H groups in total. The van der Waals surface area contributed by atoms with Crippen LogP contribution in [-0.2, 0) is 4.74 Å². The van der Waals surface area contributed by atoms with Gasteiger partial charge >= 0.3 is 91.4 Å². The summed E-state index contributed by atoms with van der Waals surface area (Å²) in [5.41, 5.74) is 0. The molecule has 0 aromatic heterocycles. The van der Waals surface area contributed by atoms with Crippen LogP contribution in [0.3, 0.4) is 0 Å². The summed E-state index contributed by atoms with van der Waals surface area (Å²) in [4.78, 5) is 0. The predicted molar refractivity (Wildman–Crippen MR) is 63.9 cm³/mol. The quantitative estimate of drug-likeness (QED) is 0.291. The first kappa shape index (κ1) is 14.3. The molecule has 0 aromatic rings. The molecule has 0 aliphatic rings. The number of hydrogen-bond acceptors (Lipinski definition) is 1. The second-order valence-corrected chi connectivity index (χ2v) is 3.72. The first-order valence-corrected chi connectivity index (χ1v) is 6.14. The van der Waals surface area contributed by atoms with Crippen LogP contribution in [0.25, 0.3) is 0 Å². The summed E-state index contributed by atoms with van der Waals surface area (Å²) in [5, 5.41) is 1.25. The SMILES string of the molecule is [Li][CH2]CC=CCCCOCCCCC. The van der Waals surface area contributed by atoms with Gasteiger partial charge in [0.15, 0.2) is 0 Å². The van der Waals surface area contributed by atoms with E-state index < -0.39 is 0 Å². The van der Waals surface area contributed by atoms with E-state index in [1.807, 2.05) is 0 Å². The summed E-state index contributed by atoms with van der Waals surface area (Å²) in [7, 11) is 0. The summed E-state index contributed by atoms with van der Waals surface area (Å²) in [6.07, 6.45) is 11.9. The molecule has 0 unspecified atom stereocenters. The zero-order valence-electron chi connectivity index (χ0n) is 9.93. The predicted octanol–water partition coefficient (Wildman–Crippen LogP) is 3.51. The fraction of sp³-hybridized carbons (Fsp3) is 0.833. The van der Waals surface area contributed by atoms with Gasteiger partial charge in [-0.25, -0.2) is 0 Å². The van der Waals surface area contributed by atoms with Crippen LogP contribution >= 0.6 is 0 Å². The Labute approximate surface area is 98.5 Å². The topological polar surface area (TPSA) is 9.23 Å². The summed E-state index contributed by atoms with van der Waals surface area (Å²) in [6.45, 7) is 4.10. The van der Waals surface area contributed by atoms with Gasteiger partial charge in [0.1, 0.15) is 0 Å². The zero-order valence-corrected chi connectivity index (χ0v) is 9.93. The first-order chi connectivity index (χ1) is 6.91. The van der Waals surface area contributed by atoms with Gasteiger partial charge in [-0.05, 0) is 0 Å². The first-order valence-electron chi connectivity index (χ1n) is 6.14. The third-order valence-electron chi connectivity index (χ3n) is 2.17. The molecule has 0 saturated heterocycles. The van der Waals surface area contributed by atoms with E-state index in [9.17, 15) is 0 Å². The molecule has 0 spiro atoms. The van der Waals surface area contributed by atoms with Crippen molar-refractivity contribution in [3.63, 3.8) is 0 Å². The Hall–Kier alpha value is 0.297. The minimum atomic E-state index is 0.931. The molecule has 0 saturated carbocycles. The summed E-state index contributed by atoms with van der Waals surface area (Å²) in [6, 6.07) is 0. The van der Waals surface area contributed by atoms with E-state index in [1.165, 1.54) is 43.6 Å². The smallest absolute Gasteiger partial charge is 0.0654 e. The van der Waals surface area contributed by atoms with Gasteiger partial charge in [-0.15, -0.1) is 0 Å². The average Bonchev–Trinajstić information content (AvgIpc) is 2.21. The van der Waals surface area contributed by atoms with Gasteiger partial charge in [0.05, 0.1) is 0 Å². The molecule has 0 bridgehead atoms. The molecule has 14 heavy (non-hydrogen) atoms. The molecule has 1 nitrogen and oxygen atoms in total. The van der Waals surface area contributed by atoms with Gasteiger partial charge in [-0.2, -0.15) is 0 Å². The molecule has 0 amide bonds. The monoisotopic (exact) mass is 190 g/mol. The third kappa shape index (κ3) is 12.3. The van der Waals surface area contributed by atoms with E-state index in [4.69, 9.17) is 4.74 Å². The van der Waals surface area contributed by atoms with Crippen LogP contribution in [0, 0.1) is 0 Å². The van der Waals surface area contributed by atoms with Crippen LogP contribution in [0.4, 0.5) is 0 Å². The standard InChI is InChI=1S/C12H23O.Li/c1-3-5-7-8-10-12-13-11-9-6-4-2;/h5,7H,1,3-4,6,8-12H2,2H3;. The van der Waals surface area contributed by atoms with Gasteiger partial charge in [0.2, 0.25) is 0 Å². The van der Waals surface area contributed by atoms with Crippen molar-refractivity contribution < 1.29 is 4.74 Å². The van der Waals surface area contributed by atoms with Gasteiger partial charge in [-0.3, -0.25) is 0 Å². The Kier molecular flexibility index (Phi) is 13.6. The third-order valence-corrected chi connectivity index (χ3v) is 2.17. The van der Waals surface area contributed by atoms with Crippen LogP contribution in [0.15, 0.2) is 12.2 Å². The molecule has 0 heterocycles. The number of rotatable bonds is 10. The number of unbranched alkanes of at least 4 members (excludes halogenated alkanes) is 3. The van der Waals surface area contributed by atoms with Gasteiger partial charge in [0.25, 0.3) is 0 Å². The maximum absolute atomic E-state index is 5.51. The van der Waals surface area contributed by atoms with Gasteiger partial charge in [0, 0.05) is 0 Å². The number of hydrogen-bond donors (Lipinski definition) is 0. The molecular weight excluding hydrogens is 167 g/mol. The molecule has 0 aromatic carbocycles. The van der Waals surface area contributed by atoms with Crippen molar-refractivity contribution in [1.82, 2.24) is 0 Å². The van der Waals surface area contributed by atoms with Crippen molar-refractivity contribution in [2.75, 3.05) is 13.2 Å². The normalized spacial score (nSPS) is 11.4. The Bertz CT molecular complexity index is 123. The van der Waals surface area contributed by atoms with Crippen molar-refractivity contribution in [2.24, 2.45) is 0 Å². The Morgan fingerprint density at radius 1 is 1.00 bits per heavy atom. The molecule has 0 rings (SSSR count). The minimum absolute atomic E-state index is 0.931. The van der Waals surface area contributed by atoms with E-state index in [-0.39, 0.29) is 0 Å². The molecule has 78 valence electrons. The van der Waals surface area contributed by atoms with Crippen molar-refractivity contribution in [2.45, 2.75) is 50.5 Å². The molecule has 0 aliphatic carbocycles.